The van der Waals surface area contributed by atoms with Crippen molar-refractivity contribution in [2.24, 2.45) is 7.05 Å². The predicted octanol–water partition coefficient (Wildman–Crippen LogP) is 3.72. The minimum absolute atomic E-state index is 0.116. The van der Waals surface area contributed by atoms with E-state index in [1.54, 1.807) is 4.90 Å². The minimum Gasteiger partial charge on any atom is -0.330 e. The van der Waals surface area contributed by atoms with Crippen LogP contribution in [0.4, 0.5) is 13.2 Å². The van der Waals surface area contributed by atoms with Gasteiger partial charge in [-0.25, -0.2) is 0 Å². The van der Waals surface area contributed by atoms with Crippen molar-refractivity contribution in [2.75, 3.05) is 6.54 Å². The quantitative estimate of drug-likeness (QED) is 0.838. The Balaban J connectivity index is 1.91. The first-order valence-electron chi connectivity index (χ1n) is 7.77. The predicted molar refractivity (Wildman–Crippen MR) is 82.4 cm³/mol. The SMILES string of the molecule is Cc1ccccc1[C@@H]1CCCN1C(=O)c1cc(C(F)(F)F)n(C)n1. The van der Waals surface area contributed by atoms with Crippen LogP contribution in [0.15, 0.2) is 30.3 Å². The maximum absolute atomic E-state index is 12.9. The second kappa shape index (κ2) is 5.96. The highest BCUT2D eigenvalue weighted by molar-refractivity contribution is 5.93. The molecule has 0 spiro atoms. The van der Waals surface area contributed by atoms with Crippen LogP contribution in [-0.2, 0) is 13.2 Å². The van der Waals surface area contributed by atoms with Crippen LogP contribution in [0.5, 0.6) is 0 Å². The van der Waals surface area contributed by atoms with Crippen molar-refractivity contribution in [3.63, 3.8) is 0 Å². The Morgan fingerprint density at radius 1 is 1.29 bits per heavy atom. The minimum atomic E-state index is -4.53. The number of aryl methyl sites for hydroxylation is 2. The highest BCUT2D eigenvalue weighted by Gasteiger charge is 2.38. The number of likely N-dealkylation sites (tertiary alicyclic amines) is 1. The molecule has 2 aromatic rings. The molecule has 0 radical (unpaired) electrons. The van der Waals surface area contributed by atoms with Gasteiger partial charge in [0.05, 0.1) is 6.04 Å². The van der Waals surface area contributed by atoms with Gasteiger partial charge in [0.2, 0.25) is 0 Å². The highest BCUT2D eigenvalue weighted by Crippen LogP contribution is 2.35. The van der Waals surface area contributed by atoms with Crippen molar-refractivity contribution >= 4 is 5.91 Å². The zero-order chi connectivity index (χ0) is 17.5. The summed E-state index contributed by atoms with van der Waals surface area (Å²) in [5.41, 5.74) is 1.03. The molecule has 1 amide bonds. The highest BCUT2D eigenvalue weighted by atomic mass is 19.4. The molecule has 24 heavy (non-hydrogen) atoms. The van der Waals surface area contributed by atoms with Crippen LogP contribution in [0.2, 0.25) is 0 Å². The average molecular weight is 337 g/mol. The van der Waals surface area contributed by atoms with Gasteiger partial charge in [0.1, 0.15) is 5.69 Å². The third-order valence-corrected chi connectivity index (χ3v) is 4.45. The Bertz CT molecular complexity index is 767. The number of halogens is 3. The molecular formula is C17H18F3N3O. The Labute approximate surface area is 137 Å². The van der Waals surface area contributed by atoms with Crippen molar-refractivity contribution in [1.29, 1.82) is 0 Å². The summed E-state index contributed by atoms with van der Waals surface area (Å²) in [6.45, 7) is 2.49. The van der Waals surface area contributed by atoms with Gasteiger partial charge in [0.15, 0.2) is 5.69 Å². The van der Waals surface area contributed by atoms with Crippen molar-refractivity contribution in [3.8, 4) is 0 Å². The number of benzene rings is 1. The molecule has 0 N–H and O–H groups in total. The summed E-state index contributed by atoms with van der Waals surface area (Å²) in [6.07, 6.45) is -2.90. The summed E-state index contributed by atoms with van der Waals surface area (Å²) in [6, 6.07) is 8.48. The zero-order valence-corrected chi connectivity index (χ0v) is 13.5. The van der Waals surface area contributed by atoms with E-state index in [1.807, 2.05) is 31.2 Å². The van der Waals surface area contributed by atoms with Crippen LogP contribution in [0.1, 0.15) is 46.2 Å². The smallest absolute Gasteiger partial charge is 0.330 e. The van der Waals surface area contributed by atoms with Crippen LogP contribution in [-0.4, -0.2) is 27.1 Å². The fourth-order valence-electron chi connectivity index (χ4n) is 3.28. The van der Waals surface area contributed by atoms with Gasteiger partial charge in [-0.05, 0) is 30.9 Å². The lowest BCUT2D eigenvalue weighted by Gasteiger charge is -2.25. The Hall–Kier alpha value is -2.31. The lowest BCUT2D eigenvalue weighted by Crippen LogP contribution is -2.31. The van der Waals surface area contributed by atoms with Crippen LogP contribution in [0.3, 0.4) is 0 Å². The monoisotopic (exact) mass is 337 g/mol. The van der Waals surface area contributed by atoms with Gasteiger partial charge >= 0.3 is 6.18 Å². The molecule has 1 atom stereocenters. The molecule has 1 aromatic carbocycles. The largest absolute Gasteiger partial charge is 0.433 e. The number of alkyl halides is 3. The molecule has 7 heteroatoms. The number of carbonyl (C=O) groups is 1. The fourth-order valence-corrected chi connectivity index (χ4v) is 3.28. The molecule has 128 valence electrons. The van der Waals surface area contributed by atoms with E-state index in [0.717, 1.165) is 30.0 Å². The van der Waals surface area contributed by atoms with E-state index in [0.29, 0.717) is 11.2 Å². The average Bonchev–Trinajstić information content (AvgIpc) is 3.13. The number of hydrogen-bond acceptors (Lipinski definition) is 2. The van der Waals surface area contributed by atoms with E-state index in [4.69, 9.17) is 0 Å². The molecule has 1 saturated heterocycles. The maximum Gasteiger partial charge on any atom is 0.433 e. The number of nitrogens with zero attached hydrogens (tertiary/aromatic N) is 3. The van der Waals surface area contributed by atoms with Crippen LogP contribution >= 0.6 is 0 Å². The number of hydrogen-bond donors (Lipinski definition) is 0. The van der Waals surface area contributed by atoms with Crippen LogP contribution in [0.25, 0.3) is 0 Å². The summed E-state index contributed by atoms with van der Waals surface area (Å²) in [4.78, 5) is 14.3. The summed E-state index contributed by atoms with van der Waals surface area (Å²) in [5, 5.41) is 3.78. The molecule has 0 aliphatic carbocycles. The van der Waals surface area contributed by atoms with Crippen molar-refractivity contribution < 1.29 is 18.0 Å². The Morgan fingerprint density at radius 3 is 2.62 bits per heavy atom. The Kier molecular flexibility index (Phi) is 4.11. The molecular weight excluding hydrogens is 319 g/mol. The molecule has 0 bridgehead atoms. The van der Waals surface area contributed by atoms with E-state index in [9.17, 15) is 18.0 Å². The molecule has 1 aliphatic rings. The van der Waals surface area contributed by atoms with E-state index < -0.39 is 17.8 Å². The summed E-state index contributed by atoms with van der Waals surface area (Å²) in [7, 11) is 1.20. The van der Waals surface area contributed by atoms with Gasteiger partial charge in [-0.2, -0.15) is 18.3 Å². The lowest BCUT2D eigenvalue weighted by atomic mass is 9.99. The maximum atomic E-state index is 12.9. The topological polar surface area (TPSA) is 38.1 Å². The van der Waals surface area contributed by atoms with Gasteiger partial charge in [-0.1, -0.05) is 24.3 Å². The first-order valence-corrected chi connectivity index (χ1v) is 7.77. The van der Waals surface area contributed by atoms with Crippen LogP contribution in [0, 0.1) is 6.92 Å². The van der Waals surface area contributed by atoms with Gasteiger partial charge in [0, 0.05) is 19.7 Å². The Morgan fingerprint density at radius 2 is 2.00 bits per heavy atom. The van der Waals surface area contributed by atoms with Crippen molar-refractivity contribution in [1.82, 2.24) is 14.7 Å². The summed E-state index contributed by atoms with van der Waals surface area (Å²) in [5.74, 6) is -0.452. The lowest BCUT2D eigenvalue weighted by molar-refractivity contribution is -0.143. The molecule has 1 aliphatic heterocycles. The first-order chi connectivity index (χ1) is 11.3. The summed E-state index contributed by atoms with van der Waals surface area (Å²) >= 11 is 0. The van der Waals surface area contributed by atoms with Crippen molar-refractivity contribution in [2.45, 2.75) is 32.0 Å². The second-order valence-electron chi connectivity index (χ2n) is 6.05. The second-order valence-corrected chi connectivity index (χ2v) is 6.05. The van der Waals surface area contributed by atoms with E-state index >= 15 is 0 Å². The normalized spacial score (nSPS) is 18.2. The standard InChI is InChI=1S/C17H18F3N3O/c1-11-6-3-4-7-12(11)14-8-5-9-23(14)16(24)13-10-15(17(18,19)20)22(2)21-13/h3-4,6-7,10,14H,5,8-9H2,1-2H3/t14-/m0/s1. The number of aromatic nitrogens is 2. The first kappa shape index (κ1) is 16.5. The number of rotatable bonds is 2. The molecule has 0 unspecified atom stereocenters. The van der Waals surface area contributed by atoms with Crippen LogP contribution < -0.4 is 0 Å². The van der Waals surface area contributed by atoms with E-state index in [1.165, 1.54) is 7.05 Å². The molecule has 0 saturated carbocycles. The van der Waals surface area contributed by atoms with Gasteiger partial charge in [-0.15, -0.1) is 0 Å². The van der Waals surface area contributed by atoms with Gasteiger partial charge in [0.25, 0.3) is 5.91 Å². The summed E-state index contributed by atoms with van der Waals surface area (Å²) < 4.78 is 39.4. The zero-order valence-electron chi connectivity index (χ0n) is 13.5. The molecule has 4 nitrogen and oxygen atoms in total. The van der Waals surface area contributed by atoms with E-state index in [2.05, 4.69) is 5.10 Å². The van der Waals surface area contributed by atoms with Gasteiger partial charge in [-0.3, -0.25) is 9.48 Å². The molecule has 1 fully saturated rings. The molecule has 3 rings (SSSR count). The number of carbonyl (C=O) groups excluding carboxylic acids is 1. The third kappa shape index (κ3) is 2.90. The number of amides is 1. The molecule has 1 aromatic heterocycles. The van der Waals surface area contributed by atoms with Gasteiger partial charge < -0.3 is 4.90 Å². The van der Waals surface area contributed by atoms with E-state index in [-0.39, 0.29) is 11.7 Å². The van der Waals surface area contributed by atoms with Crippen molar-refractivity contribution in [3.05, 3.63) is 52.8 Å². The fraction of sp³-hybridized carbons (Fsp3) is 0.412. The molecule has 2 heterocycles. The third-order valence-electron chi connectivity index (χ3n) is 4.45.